The van der Waals surface area contributed by atoms with E-state index in [0.717, 1.165) is 12.0 Å². The van der Waals surface area contributed by atoms with Gasteiger partial charge in [-0.15, -0.1) is 0 Å². The van der Waals surface area contributed by atoms with Gasteiger partial charge in [0.25, 0.3) is 5.91 Å². The van der Waals surface area contributed by atoms with Crippen molar-refractivity contribution in [2.45, 2.75) is 51.3 Å². The van der Waals surface area contributed by atoms with Crippen LogP contribution in [0.4, 0.5) is 9.18 Å². The average molecular weight is 510 g/mol. The minimum atomic E-state index is -0.629. The van der Waals surface area contributed by atoms with Crippen LogP contribution in [-0.2, 0) is 11.3 Å². The summed E-state index contributed by atoms with van der Waals surface area (Å²) in [5, 5.41) is 11.0. The molecule has 2 aromatic carbocycles. The monoisotopic (exact) mass is 509 g/mol. The summed E-state index contributed by atoms with van der Waals surface area (Å²) in [5.74, 6) is 0.449. The van der Waals surface area contributed by atoms with E-state index < -0.39 is 17.7 Å². The number of carbonyl (C=O) groups is 2. The molecule has 1 N–H and O–H groups in total. The molecule has 1 aliphatic rings. The van der Waals surface area contributed by atoms with Crippen molar-refractivity contribution in [3.05, 3.63) is 77.9 Å². The fourth-order valence-corrected chi connectivity index (χ4v) is 4.17. The summed E-state index contributed by atoms with van der Waals surface area (Å²) in [5.41, 5.74) is 0.979. The third-order valence-corrected chi connectivity index (χ3v) is 5.94. The van der Waals surface area contributed by atoms with Crippen LogP contribution in [0.25, 0.3) is 0 Å². The molecule has 1 aromatic heterocycles. The predicted molar refractivity (Wildman–Crippen MR) is 135 cm³/mol. The first kappa shape index (κ1) is 26.1. The number of alkyl carbamates (subject to hydrolysis) is 1. The zero-order valence-electron chi connectivity index (χ0n) is 21.3. The molecule has 37 heavy (non-hydrogen) atoms. The van der Waals surface area contributed by atoms with Crippen molar-refractivity contribution >= 4 is 12.0 Å². The SMILES string of the molecule is CC(C)(C)OC(=O)NC(COc1ccc(C(=O)N2CC[C@H](c3ccc(F)cc3)C2)cc1)Cn1nccn1. The highest BCUT2D eigenvalue weighted by Gasteiger charge is 2.28. The molecule has 4 rings (SSSR count). The minimum absolute atomic E-state index is 0.0506. The maximum Gasteiger partial charge on any atom is 0.408 e. The molecule has 0 saturated carbocycles. The van der Waals surface area contributed by atoms with Crippen molar-refractivity contribution < 1.29 is 23.5 Å². The maximum atomic E-state index is 13.2. The van der Waals surface area contributed by atoms with Gasteiger partial charge in [0.15, 0.2) is 0 Å². The lowest BCUT2D eigenvalue weighted by Crippen LogP contribution is -2.44. The molecular weight excluding hydrogens is 477 g/mol. The molecule has 0 aliphatic carbocycles. The van der Waals surface area contributed by atoms with Crippen LogP contribution in [0.5, 0.6) is 5.75 Å². The number of aromatic nitrogens is 3. The van der Waals surface area contributed by atoms with Crippen molar-refractivity contribution in [1.29, 1.82) is 0 Å². The number of ether oxygens (including phenoxy) is 2. The highest BCUT2D eigenvalue weighted by atomic mass is 19.1. The number of likely N-dealkylation sites (tertiary alicyclic amines) is 1. The molecule has 3 aromatic rings. The smallest absolute Gasteiger partial charge is 0.408 e. The number of carbonyl (C=O) groups excluding carboxylic acids is 2. The predicted octanol–water partition coefficient (Wildman–Crippen LogP) is 4.02. The summed E-state index contributed by atoms with van der Waals surface area (Å²) in [6.07, 6.45) is 3.40. The van der Waals surface area contributed by atoms with E-state index in [1.807, 2.05) is 4.90 Å². The van der Waals surface area contributed by atoms with Gasteiger partial charge in [-0.3, -0.25) is 4.79 Å². The van der Waals surface area contributed by atoms with Crippen LogP contribution in [0.1, 0.15) is 49.0 Å². The Bertz CT molecular complexity index is 1180. The van der Waals surface area contributed by atoms with Crippen molar-refractivity contribution in [3.8, 4) is 5.75 Å². The van der Waals surface area contributed by atoms with Crippen LogP contribution >= 0.6 is 0 Å². The first-order valence-electron chi connectivity index (χ1n) is 12.3. The first-order valence-corrected chi connectivity index (χ1v) is 12.3. The Morgan fingerprint density at radius 2 is 1.76 bits per heavy atom. The molecule has 1 fully saturated rings. The lowest BCUT2D eigenvalue weighted by atomic mass is 9.99. The number of halogens is 1. The number of hydrogen-bond acceptors (Lipinski definition) is 6. The number of hydrogen-bond donors (Lipinski definition) is 1. The summed E-state index contributed by atoms with van der Waals surface area (Å²) >= 11 is 0. The number of nitrogens with one attached hydrogen (secondary N) is 1. The Balaban J connectivity index is 1.33. The molecule has 2 heterocycles. The van der Waals surface area contributed by atoms with Crippen LogP contribution in [0.15, 0.2) is 60.9 Å². The van der Waals surface area contributed by atoms with E-state index in [1.165, 1.54) is 16.9 Å². The summed E-state index contributed by atoms with van der Waals surface area (Å²) in [6.45, 7) is 7.08. The lowest BCUT2D eigenvalue weighted by molar-refractivity contribution is 0.0478. The highest BCUT2D eigenvalue weighted by Crippen LogP contribution is 2.28. The Morgan fingerprint density at radius 1 is 1.08 bits per heavy atom. The molecule has 1 saturated heterocycles. The van der Waals surface area contributed by atoms with E-state index >= 15 is 0 Å². The molecule has 1 aliphatic heterocycles. The quantitative estimate of drug-likeness (QED) is 0.493. The second-order valence-corrected chi connectivity index (χ2v) is 10.1. The zero-order chi connectivity index (χ0) is 26.4. The van der Waals surface area contributed by atoms with Gasteiger partial charge >= 0.3 is 6.09 Å². The normalized spacial score (nSPS) is 16.3. The summed E-state index contributed by atoms with van der Waals surface area (Å²) in [4.78, 5) is 28.6. The number of benzene rings is 2. The maximum absolute atomic E-state index is 13.2. The van der Waals surface area contributed by atoms with E-state index in [9.17, 15) is 14.0 Å². The second kappa shape index (κ2) is 11.4. The van der Waals surface area contributed by atoms with E-state index in [4.69, 9.17) is 9.47 Å². The molecule has 196 valence electrons. The van der Waals surface area contributed by atoms with E-state index in [2.05, 4.69) is 15.5 Å². The molecule has 2 amide bonds. The highest BCUT2D eigenvalue weighted by molar-refractivity contribution is 5.94. The van der Waals surface area contributed by atoms with Gasteiger partial charge in [0.2, 0.25) is 0 Å². The lowest BCUT2D eigenvalue weighted by Gasteiger charge is -2.23. The zero-order valence-corrected chi connectivity index (χ0v) is 21.3. The van der Waals surface area contributed by atoms with E-state index in [-0.39, 0.29) is 24.2 Å². The first-order chi connectivity index (χ1) is 17.7. The number of amides is 2. The van der Waals surface area contributed by atoms with Gasteiger partial charge in [-0.25, -0.2) is 9.18 Å². The molecule has 0 spiro atoms. The Labute approximate surface area is 215 Å². The van der Waals surface area contributed by atoms with Gasteiger partial charge in [0.05, 0.1) is 25.0 Å². The van der Waals surface area contributed by atoms with Crippen molar-refractivity contribution in [3.63, 3.8) is 0 Å². The molecule has 1 unspecified atom stereocenters. The van der Waals surface area contributed by atoms with Crippen LogP contribution in [0.3, 0.4) is 0 Å². The minimum Gasteiger partial charge on any atom is -0.491 e. The molecule has 0 bridgehead atoms. The largest absolute Gasteiger partial charge is 0.491 e. The topological polar surface area (TPSA) is 98.6 Å². The standard InChI is InChI=1S/C27H32FN5O4/c1-27(2,3)37-26(35)31-23(17-33-29-13-14-30-33)18-36-24-10-6-20(7-11-24)25(34)32-15-12-21(16-32)19-4-8-22(28)9-5-19/h4-11,13-14,21,23H,12,15-18H2,1-3H3,(H,31,35)/t21-,23?/m0/s1. The van der Waals surface area contributed by atoms with E-state index in [1.54, 1.807) is 69.6 Å². The summed E-state index contributed by atoms with van der Waals surface area (Å²) in [7, 11) is 0. The summed E-state index contributed by atoms with van der Waals surface area (Å²) in [6, 6.07) is 13.0. The molecule has 10 heteroatoms. The number of rotatable bonds is 8. The van der Waals surface area contributed by atoms with Gasteiger partial charge in [-0.05, 0) is 69.2 Å². The average Bonchev–Trinajstić information content (AvgIpc) is 3.54. The van der Waals surface area contributed by atoms with Gasteiger partial charge < -0.3 is 19.7 Å². The van der Waals surface area contributed by atoms with Crippen LogP contribution in [0.2, 0.25) is 0 Å². The van der Waals surface area contributed by atoms with Gasteiger partial charge in [-0.1, -0.05) is 12.1 Å². The van der Waals surface area contributed by atoms with Crippen molar-refractivity contribution in [2.75, 3.05) is 19.7 Å². The molecule has 0 radical (unpaired) electrons. The van der Waals surface area contributed by atoms with Gasteiger partial charge in [0.1, 0.15) is 23.8 Å². The van der Waals surface area contributed by atoms with Crippen LogP contribution in [-0.4, -0.2) is 63.2 Å². The van der Waals surface area contributed by atoms with Crippen LogP contribution in [0, 0.1) is 5.82 Å². The number of nitrogens with zero attached hydrogens (tertiary/aromatic N) is 4. The Morgan fingerprint density at radius 3 is 2.41 bits per heavy atom. The fraction of sp³-hybridized carbons (Fsp3) is 0.407. The third-order valence-electron chi connectivity index (χ3n) is 5.94. The molecular formula is C27H32FN5O4. The van der Waals surface area contributed by atoms with Gasteiger partial charge in [0, 0.05) is 24.6 Å². The molecule has 9 nitrogen and oxygen atoms in total. The Hall–Kier alpha value is -3.95. The van der Waals surface area contributed by atoms with Crippen molar-refractivity contribution in [1.82, 2.24) is 25.2 Å². The van der Waals surface area contributed by atoms with E-state index in [0.29, 0.717) is 30.9 Å². The molecule has 2 atom stereocenters. The van der Waals surface area contributed by atoms with Crippen LogP contribution < -0.4 is 10.1 Å². The fourth-order valence-electron chi connectivity index (χ4n) is 4.17. The van der Waals surface area contributed by atoms with Gasteiger partial charge in [-0.2, -0.15) is 15.0 Å². The second-order valence-electron chi connectivity index (χ2n) is 10.1. The Kier molecular flexibility index (Phi) is 8.05. The third kappa shape index (κ3) is 7.52. The summed E-state index contributed by atoms with van der Waals surface area (Å²) < 4.78 is 24.5. The van der Waals surface area contributed by atoms with Crippen molar-refractivity contribution in [2.24, 2.45) is 0 Å².